The third-order valence-corrected chi connectivity index (χ3v) is 3.84. The third-order valence-electron chi connectivity index (χ3n) is 3.31. The van der Waals surface area contributed by atoms with E-state index in [9.17, 15) is 0 Å². The Morgan fingerprint density at radius 1 is 1.35 bits per heavy atom. The second kappa shape index (κ2) is 6.41. The lowest BCUT2D eigenvalue weighted by atomic mass is 10.1. The monoisotopic (exact) mass is 337 g/mol. The van der Waals surface area contributed by atoms with Gasteiger partial charge in [-0.15, -0.1) is 0 Å². The van der Waals surface area contributed by atoms with Crippen LogP contribution in [0.15, 0.2) is 28.7 Å². The lowest BCUT2D eigenvalue weighted by Gasteiger charge is -2.12. The van der Waals surface area contributed by atoms with Crippen LogP contribution in [0.3, 0.4) is 0 Å². The van der Waals surface area contributed by atoms with E-state index in [1.165, 1.54) is 0 Å². The first kappa shape index (κ1) is 15.1. The van der Waals surface area contributed by atoms with Crippen molar-refractivity contribution in [2.45, 2.75) is 32.7 Å². The van der Waals surface area contributed by atoms with Crippen LogP contribution < -0.4 is 10.5 Å². The molecule has 2 N–H and O–H groups in total. The fraction of sp³-hybridized carbons (Fsp3) is 0.400. The van der Waals surface area contributed by atoms with E-state index in [1.54, 1.807) is 4.68 Å². The summed E-state index contributed by atoms with van der Waals surface area (Å²) >= 11 is 3.42. The molecule has 0 amide bonds. The molecule has 0 aliphatic rings. The predicted octanol–water partition coefficient (Wildman–Crippen LogP) is 3.56. The summed E-state index contributed by atoms with van der Waals surface area (Å²) in [5.74, 6) is 1.57. The fourth-order valence-electron chi connectivity index (χ4n) is 2.06. The molecule has 1 unspecified atom stereocenters. The molecule has 0 saturated heterocycles. The number of benzene rings is 1. The zero-order valence-corrected chi connectivity index (χ0v) is 13.6. The lowest BCUT2D eigenvalue weighted by molar-refractivity contribution is 0.423. The normalized spacial score (nSPS) is 12.4. The molecule has 2 aromatic rings. The van der Waals surface area contributed by atoms with Crippen LogP contribution in [0, 0.1) is 6.92 Å². The minimum absolute atomic E-state index is 0.130. The molecule has 1 aromatic heterocycles. The van der Waals surface area contributed by atoms with Crippen molar-refractivity contribution in [3.8, 4) is 11.6 Å². The van der Waals surface area contributed by atoms with Crippen molar-refractivity contribution in [3.05, 3.63) is 40.0 Å². The van der Waals surface area contributed by atoms with Gasteiger partial charge in [0.2, 0.25) is 5.88 Å². The number of rotatable bonds is 5. The summed E-state index contributed by atoms with van der Waals surface area (Å²) in [4.78, 5) is 0. The zero-order valence-electron chi connectivity index (χ0n) is 12.1. The number of aromatic nitrogens is 2. The Morgan fingerprint density at radius 3 is 2.60 bits per heavy atom. The molecule has 0 saturated carbocycles. The number of nitrogens with two attached hydrogens (primary N) is 1. The van der Waals surface area contributed by atoms with Gasteiger partial charge in [0.05, 0.1) is 5.69 Å². The summed E-state index contributed by atoms with van der Waals surface area (Å²) in [5, 5.41) is 4.44. The summed E-state index contributed by atoms with van der Waals surface area (Å²) in [6, 6.07) is 7.89. The maximum atomic E-state index is 6.07. The van der Waals surface area contributed by atoms with Crippen molar-refractivity contribution < 1.29 is 4.74 Å². The number of hydrogen-bond acceptors (Lipinski definition) is 3. The van der Waals surface area contributed by atoms with E-state index in [1.807, 2.05) is 38.2 Å². The van der Waals surface area contributed by atoms with Crippen LogP contribution in [0.25, 0.3) is 0 Å². The Balaban J connectivity index is 2.28. The van der Waals surface area contributed by atoms with Gasteiger partial charge in [0.1, 0.15) is 5.75 Å². The summed E-state index contributed by atoms with van der Waals surface area (Å²) in [7, 11) is 1.89. The van der Waals surface area contributed by atoms with Gasteiger partial charge in [-0.1, -0.05) is 22.9 Å². The highest BCUT2D eigenvalue weighted by molar-refractivity contribution is 9.10. The number of nitrogens with zero attached hydrogens (tertiary/aromatic N) is 2. The van der Waals surface area contributed by atoms with Crippen LogP contribution >= 0.6 is 15.9 Å². The summed E-state index contributed by atoms with van der Waals surface area (Å²) in [6.45, 7) is 4.08. The number of ether oxygens (including phenoxy) is 1. The van der Waals surface area contributed by atoms with E-state index in [4.69, 9.17) is 10.5 Å². The molecule has 20 heavy (non-hydrogen) atoms. The molecular formula is C15H20BrN3O. The maximum absolute atomic E-state index is 6.07. The van der Waals surface area contributed by atoms with Gasteiger partial charge in [-0.3, -0.25) is 0 Å². The second-order valence-electron chi connectivity index (χ2n) is 4.92. The smallest absolute Gasteiger partial charge is 0.221 e. The zero-order chi connectivity index (χ0) is 14.7. The first-order valence-electron chi connectivity index (χ1n) is 6.72. The van der Waals surface area contributed by atoms with Crippen molar-refractivity contribution in [2.24, 2.45) is 12.8 Å². The Labute approximate surface area is 128 Å². The minimum atomic E-state index is 0.130. The topological polar surface area (TPSA) is 53.1 Å². The molecule has 1 heterocycles. The van der Waals surface area contributed by atoms with E-state index in [0.717, 1.165) is 40.2 Å². The largest absolute Gasteiger partial charge is 0.439 e. The third kappa shape index (κ3) is 3.41. The van der Waals surface area contributed by atoms with E-state index in [-0.39, 0.29) is 6.04 Å². The molecule has 5 heteroatoms. The first-order chi connectivity index (χ1) is 9.51. The van der Waals surface area contributed by atoms with Crippen molar-refractivity contribution >= 4 is 15.9 Å². The van der Waals surface area contributed by atoms with Crippen LogP contribution in [-0.4, -0.2) is 15.8 Å². The molecule has 1 atom stereocenters. The van der Waals surface area contributed by atoms with Crippen LogP contribution in [0.5, 0.6) is 11.6 Å². The number of halogens is 1. The summed E-state index contributed by atoms with van der Waals surface area (Å²) in [5.41, 5.74) is 8.13. The molecule has 0 spiro atoms. The Morgan fingerprint density at radius 2 is 2.00 bits per heavy atom. The van der Waals surface area contributed by atoms with Crippen LogP contribution in [-0.2, 0) is 13.5 Å². The van der Waals surface area contributed by atoms with Gasteiger partial charge in [0.25, 0.3) is 0 Å². The summed E-state index contributed by atoms with van der Waals surface area (Å²) < 4.78 is 8.79. The van der Waals surface area contributed by atoms with Gasteiger partial charge in [0.15, 0.2) is 0 Å². The van der Waals surface area contributed by atoms with Gasteiger partial charge in [-0.05, 0) is 44.0 Å². The molecule has 108 valence electrons. The fourth-order valence-corrected chi connectivity index (χ4v) is 2.33. The molecule has 1 aromatic carbocycles. The Kier molecular flexibility index (Phi) is 4.83. The quantitative estimate of drug-likeness (QED) is 0.907. The number of hydrogen-bond donors (Lipinski definition) is 1. The van der Waals surface area contributed by atoms with E-state index in [2.05, 4.69) is 28.0 Å². The van der Waals surface area contributed by atoms with Gasteiger partial charge in [-0.25, -0.2) is 4.68 Å². The average molecular weight is 338 g/mol. The van der Waals surface area contributed by atoms with Crippen molar-refractivity contribution in [3.63, 3.8) is 0 Å². The standard InChI is InChI=1S/C15H20BrN3O/c1-4-12(17)9-14-10(2)18-19(3)15(14)20-13-7-5-11(16)6-8-13/h5-8,12H,4,9,17H2,1-3H3. The molecule has 2 rings (SSSR count). The highest BCUT2D eigenvalue weighted by Gasteiger charge is 2.17. The first-order valence-corrected chi connectivity index (χ1v) is 7.52. The van der Waals surface area contributed by atoms with Gasteiger partial charge in [0, 0.05) is 23.1 Å². The average Bonchev–Trinajstić information content (AvgIpc) is 2.68. The van der Waals surface area contributed by atoms with E-state index in [0.29, 0.717) is 0 Å². The highest BCUT2D eigenvalue weighted by Crippen LogP contribution is 2.29. The Bertz CT molecular complexity index is 578. The van der Waals surface area contributed by atoms with Gasteiger partial charge >= 0.3 is 0 Å². The highest BCUT2D eigenvalue weighted by atomic mass is 79.9. The van der Waals surface area contributed by atoms with E-state index >= 15 is 0 Å². The second-order valence-corrected chi connectivity index (χ2v) is 5.84. The van der Waals surface area contributed by atoms with Crippen LogP contribution in [0.4, 0.5) is 0 Å². The minimum Gasteiger partial charge on any atom is -0.439 e. The molecule has 0 aliphatic carbocycles. The molecular weight excluding hydrogens is 318 g/mol. The number of aryl methyl sites for hydroxylation is 2. The van der Waals surface area contributed by atoms with Crippen molar-refractivity contribution in [1.29, 1.82) is 0 Å². The van der Waals surface area contributed by atoms with E-state index < -0.39 is 0 Å². The SMILES string of the molecule is CCC(N)Cc1c(C)nn(C)c1Oc1ccc(Br)cc1. The van der Waals surface area contributed by atoms with Crippen molar-refractivity contribution in [2.75, 3.05) is 0 Å². The van der Waals surface area contributed by atoms with Crippen molar-refractivity contribution in [1.82, 2.24) is 9.78 Å². The molecule has 0 radical (unpaired) electrons. The maximum Gasteiger partial charge on any atom is 0.221 e. The Hall–Kier alpha value is -1.33. The molecule has 0 fully saturated rings. The molecule has 4 nitrogen and oxygen atoms in total. The predicted molar refractivity (Wildman–Crippen MR) is 84.1 cm³/mol. The van der Waals surface area contributed by atoms with Gasteiger partial charge in [-0.2, -0.15) is 5.10 Å². The lowest BCUT2D eigenvalue weighted by Crippen LogP contribution is -2.21. The van der Waals surface area contributed by atoms with Crippen LogP contribution in [0.2, 0.25) is 0 Å². The van der Waals surface area contributed by atoms with Gasteiger partial charge < -0.3 is 10.5 Å². The molecule has 0 aliphatic heterocycles. The van der Waals surface area contributed by atoms with Crippen LogP contribution in [0.1, 0.15) is 24.6 Å². The summed E-state index contributed by atoms with van der Waals surface area (Å²) in [6.07, 6.45) is 1.72. The molecule has 0 bridgehead atoms.